The number of aryl methyl sites for hydroxylation is 1. The van der Waals surface area contributed by atoms with Gasteiger partial charge in [0.25, 0.3) is 5.91 Å². The van der Waals surface area contributed by atoms with E-state index >= 15 is 0 Å². The highest BCUT2D eigenvalue weighted by atomic mass is 16.5. The summed E-state index contributed by atoms with van der Waals surface area (Å²) in [7, 11) is 0. The molecule has 0 unspecified atom stereocenters. The predicted molar refractivity (Wildman–Crippen MR) is 88.8 cm³/mol. The van der Waals surface area contributed by atoms with Gasteiger partial charge < -0.3 is 10.1 Å². The van der Waals surface area contributed by atoms with Crippen molar-refractivity contribution < 1.29 is 9.53 Å². The zero-order valence-electron chi connectivity index (χ0n) is 13.4. The molecule has 0 saturated heterocycles. The van der Waals surface area contributed by atoms with Gasteiger partial charge in [-0.1, -0.05) is 48.0 Å². The van der Waals surface area contributed by atoms with Crippen molar-refractivity contribution in [3.05, 3.63) is 71.3 Å². The maximum Gasteiger partial charge on any atom is 0.251 e. The number of hydrogen-bond donors (Lipinski definition) is 1. The van der Waals surface area contributed by atoms with E-state index in [1.165, 1.54) is 0 Å². The first-order chi connectivity index (χ1) is 10.5. The zero-order chi connectivity index (χ0) is 16.0. The minimum absolute atomic E-state index is 0.0756. The van der Waals surface area contributed by atoms with Crippen LogP contribution in [-0.2, 0) is 11.3 Å². The van der Waals surface area contributed by atoms with Crippen molar-refractivity contribution in [2.24, 2.45) is 0 Å². The van der Waals surface area contributed by atoms with Crippen molar-refractivity contribution in [2.45, 2.75) is 32.9 Å². The SMILES string of the molecule is Cc1ccc(C(=O)NC(C)(C)COCc2ccccc2)cc1. The number of nitrogens with one attached hydrogen (secondary N) is 1. The van der Waals surface area contributed by atoms with Crippen LogP contribution in [0.2, 0.25) is 0 Å². The van der Waals surface area contributed by atoms with Crippen LogP contribution in [0.3, 0.4) is 0 Å². The van der Waals surface area contributed by atoms with Gasteiger partial charge in [0.1, 0.15) is 0 Å². The smallest absolute Gasteiger partial charge is 0.251 e. The number of hydrogen-bond acceptors (Lipinski definition) is 2. The monoisotopic (exact) mass is 297 g/mol. The standard InChI is InChI=1S/C19H23NO2/c1-15-9-11-17(12-10-15)18(21)20-19(2,3)14-22-13-16-7-5-4-6-8-16/h4-12H,13-14H2,1-3H3,(H,20,21). The van der Waals surface area contributed by atoms with Gasteiger partial charge in [0.2, 0.25) is 0 Å². The Bertz CT molecular complexity index is 603. The molecule has 0 aliphatic heterocycles. The molecule has 0 saturated carbocycles. The molecule has 2 rings (SSSR count). The minimum atomic E-state index is -0.420. The molecule has 0 atom stereocenters. The van der Waals surface area contributed by atoms with E-state index in [0.29, 0.717) is 18.8 Å². The number of carbonyl (C=O) groups excluding carboxylic acids is 1. The highest BCUT2D eigenvalue weighted by molar-refractivity contribution is 5.94. The molecule has 1 amide bonds. The maximum atomic E-state index is 12.2. The van der Waals surface area contributed by atoms with Crippen LogP contribution in [0.1, 0.15) is 35.3 Å². The van der Waals surface area contributed by atoms with Crippen LogP contribution in [0, 0.1) is 6.92 Å². The van der Waals surface area contributed by atoms with Gasteiger partial charge in [-0.25, -0.2) is 0 Å². The van der Waals surface area contributed by atoms with Crippen molar-refractivity contribution in [3.63, 3.8) is 0 Å². The summed E-state index contributed by atoms with van der Waals surface area (Å²) in [4.78, 5) is 12.2. The van der Waals surface area contributed by atoms with E-state index in [1.54, 1.807) is 0 Å². The molecule has 116 valence electrons. The van der Waals surface area contributed by atoms with Gasteiger partial charge in [0.05, 0.1) is 18.8 Å². The summed E-state index contributed by atoms with van der Waals surface area (Å²) < 4.78 is 5.73. The summed E-state index contributed by atoms with van der Waals surface area (Å²) in [6.45, 7) is 6.93. The summed E-state index contributed by atoms with van der Waals surface area (Å²) in [5.41, 5.74) is 2.52. The average molecular weight is 297 g/mol. The van der Waals surface area contributed by atoms with Crippen LogP contribution in [0.25, 0.3) is 0 Å². The fraction of sp³-hybridized carbons (Fsp3) is 0.316. The lowest BCUT2D eigenvalue weighted by molar-refractivity contribution is 0.0617. The summed E-state index contributed by atoms with van der Waals surface area (Å²) in [6.07, 6.45) is 0. The van der Waals surface area contributed by atoms with Crippen LogP contribution in [0.4, 0.5) is 0 Å². The Morgan fingerprint density at radius 2 is 1.68 bits per heavy atom. The predicted octanol–water partition coefficient (Wildman–Crippen LogP) is 3.72. The second-order valence-corrected chi connectivity index (χ2v) is 6.18. The zero-order valence-corrected chi connectivity index (χ0v) is 13.4. The quantitative estimate of drug-likeness (QED) is 0.882. The van der Waals surface area contributed by atoms with Gasteiger partial charge in [-0.3, -0.25) is 4.79 Å². The van der Waals surface area contributed by atoms with Crippen LogP contribution in [0.5, 0.6) is 0 Å². The molecule has 0 bridgehead atoms. The van der Waals surface area contributed by atoms with Gasteiger partial charge >= 0.3 is 0 Å². The van der Waals surface area contributed by atoms with Crippen LogP contribution in [0.15, 0.2) is 54.6 Å². The van der Waals surface area contributed by atoms with Gasteiger partial charge in [-0.15, -0.1) is 0 Å². The molecule has 3 nitrogen and oxygen atoms in total. The number of benzene rings is 2. The molecule has 0 radical (unpaired) electrons. The van der Waals surface area contributed by atoms with Crippen LogP contribution in [-0.4, -0.2) is 18.1 Å². The number of rotatable bonds is 6. The van der Waals surface area contributed by atoms with Gasteiger partial charge in [0.15, 0.2) is 0 Å². The highest BCUT2D eigenvalue weighted by Crippen LogP contribution is 2.09. The fourth-order valence-electron chi connectivity index (χ4n) is 2.12. The number of ether oxygens (including phenoxy) is 1. The molecule has 0 spiro atoms. The van der Waals surface area contributed by atoms with Crippen molar-refractivity contribution in [3.8, 4) is 0 Å². The Balaban J connectivity index is 1.85. The van der Waals surface area contributed by atoms with E-state index in [-0.39, 0.29) is 5.91 Å². The van der Waals surface area contributed by atoms with E-state index in [2.05, 4.69) is 5.32 Å². The van der Waals surface area contributed by atoms with Gasteiger partial charge in [0, 0.05) is 5.56 Å². The highest BCUT2D eigenvalue weighted by Gasteiger charge is 2.21. The summed E-state index contributed by atoms with van der Waals surface area (Å²) in [5, 5.41) is 3.01. The molecular formula is C19H23NO2. The third-order valence-electron chi connectivity index (χ3n) is 3.34. The Hall–Kier alpha value is -2.13. The third-order valence-corrected chi connectivity index (χ3v) is 3.34. The van der Waals surface area contributed by atoms with E-state index in [1.807, 2.05) is 75.4 Å². The normalized spacial score (nSPS) is 11.2. The largest absolute Gasteiger partial charge is 0.374 e. The van der Waals surface area contributed by atoms with Crippen LogP contribution < -0.4 is 5.32 Å². The van der Waals surface area contributed by atoms with E-state index < -0.39 is 5.54 Å². The molecule has 0 aromatic heterocycles. The van der Waals surface area contributed by atoms with Crippen molar-refractivity contribution in [1.82, 2.24) is 5.32 Å². The summed E-state index contributed by atoms with van der Waals surface area (Å²) in [6, 6.07) is 17.6. The average Bonchev–Trinajstić information content (AvgIpc) is 2.48. The lowest BCUT2D eigenvalue weighted by atomic mass is 10.1. The second-order valence-electron chi connectivity index (χ2n) is 6.18. The second kappa shape index (κ2) is 7.23. The Labute approximate surface area is 132 Å². The van der Waals surface area contributed by atoms with Crippen molar-refractivity contribution in [2.75, 3.05) is 6.61 Å². The van der Waals surface area contributed by atoms with Gasteiger partial charge in [-0.05, 0) is 38.5 Å². The lowest BCUT2D eigenvalue weighted by Crippen LogP contribution is -2.47. The first kappa shape index (κ1) is 16.2. The van der Waals surface area contributed by atoms with Crippen molar-refractivity contribution >= 4 is 5.91 Å². The Morgan fingerprint density at radius 3 is 2.32 bits per heavy atom. The topological polar surface area (TPSA) is 38.3 Å². The first-order valence-corrected chi connectivity index (χ1v) is 7.47. The number of amides is 1. The molecule has 22 heavy (non-hydrogen) atoms. The van der Waals surface area contributed by atoms with Gasteiger partial charge in [-0.2, -0.15) is 0 Å². The molecule has 3 heteroatoms. The maximum absolute atomic E-state index is 12.2. The van der Waals surface area contributed by atoms with E-state index in [4.69, 9.17) is 4.74 Å². The Morgan fingerprint density at radius 1 is 1.05 bits per heavy atom. The number of carbonyl (C=O) groups is 1. The van der Waals surface area contributed by atoms with Crippen LogP contribution >= 0.6 is 0 Å². The molecule has 0 aliphatic carbocycles. The summed E-state index contributed by atoms with van der Waals surface area (Å²) in [5.74, 6) is -0.0756. The Kier molecular flexibility index (Phi) is 5.34. The molecule has 2 aromatic carbocycles. The minimum Gasteiger partial charge on any atom is -0.374 e. The summed E-state index contributed by atoms with van der Waals surface area (Å²) >= 11 is 0. The molecule has 1 N–H and O–H groups in total. The van der Waals surface area contributed by atoms with Crippen molar-refractivity contribution in [1.29, 1.82) is 0 Å². The molecule has 2 aromatic rings. The fourth-order valence-corrected chi connectivity index (χ4v) is 2.12. The van der Waals surface area contributed by atoms with E-state index in [9.17, 15) is 4.79 Å². The molecule has 0 fully saturated rings. The lowest BCUT2D eigenvalue weighted by Gasteiger charge is -2.26. The molecular weight excluding hydrogens is 274 g/mol. The third kappa shape index (κ3) is 5.01. The molecule has 0 aliphatic rings. The van der Waals surface area contributed by atoms with E-state index in [0.717, 1.165) is 11.1 Å². The first-order valence-electron chi connectivity index (χ1n) is 7.47. The molecule has 0 heterocycles.